The molecule has 1 heterocycles. The maximum absolute atomic E-state index is 9.11. The molecule has 0 bridgehead atoms. The zero-order chi connectivity index (χ0) is 26.7. The quantitative estimate of drug-likeness (QED) is 0.296. The summed E-state index contributed by atoms with van der Waals surface area (Å²) in [4.78, 5) is 1.77. The number of para-hydroxylation sites is 1. The predicted octanol–water partition coefficient (Wildman–Crippen LogP) is 9.80. The summed E-state index contributed by atoms with van der Waals surface area (Å²) >= 11 is 13.4. The number of fused-ring (bicyclic) bond motifs is 1. The number of furan rings is 1. The molecule has 0 saturated carbocycles. The van der Waals surface area contributed by atoms with E-state index in [1.54, 1.807) is 4.90 Å². The van der Waals surface area contributed by atoms with E-state index in [4.69, 9.17) is 33.1 Å². The summed E-state index contributed by atoms with van der Waals surface area (Å²) in [6.45, 7) is 11.9. The van der Waals surface area contributed by atoms with Crippen molar-refractivity contribution in [3.05, 3.63) is 88.0 Å². The van der Waals surface area contributed by atoms with E-state index in [9.17, 15) is 0 Å². The van der Waals surface area contributed by atoms with Crippen LogP contribution >= 0.6 is 23.2 Å². The first kappa shape index (κ1) is 18.1. The van der Waals surface area contributed by atoms with Crippen molar-refractivity contribution in [2.24, 2.45) is 0 Å². The van der Waals surface area contributed by atoms with Crippen molar-refractivity contribution in [3.63, 3.8) is 0 Å². The van der Waals surface area contributed by atoms with Crippen LogP contribution in [0.2, 0.25) is 10.0 Å². The first-order chi connectivity index (χ1) is 16.6. The minimum absolute atomic E-state index is 0.0353. The molecule has 0 spiro atoms. The first-order valence-electron chi connectivity index (χ1n) is 12.5. The molecule has 4 heteroatoms. The lowest BCUT2D eigenvalue weighted by Crippen LogP contribution is -2.15. The second-order valence-electron chi connectivity index (χ2n) is 9.97. The molecule has 0 unspecified atom stereocenters. The highest BCUT2D eigenvalue weighted by atomic mass is 35.5. The lowest BCUT2D eigenvalue weighted by Gasteiger charge is -2.29. The molecule has 1 aromatic heterocycles. The molecule has 2 nitrogen and oxygen atoms in total. The van der Waals surface area contributed by atoms with Crippen molar-refractivity contribution in [1.29, 1.82) is 0 Å². The van der Waals surface area contributed by atoms with Crippen molar-refractivity contribution in [1.82, 2.24) is 0 Å². The predicted molar refractivity (Wildman–Crippen MR) is 138 cm³/mol. The topological polar surface area (TPSA) is 16.4 Å². The van der Waals surface area contributed by atoms with Gasteiger partial charge in [0.25, 0.3) is 0 Å². The number of hydrogen-bond donors (Lipinski definition) is 0. The third-order valence-electron chi connectivity index (χ3n) is 5.37. The lowest BCUT2D eigenvalue weighted by atomic mass is 9.86. The molecule has 3 aromatic carbocycles. The maximum Gasteiger partial charge on any atom is 0.136 e. The fourth-order valence-electron chi connectivity index (χ4n) is 3.46. The average molecular weight is 470 g/mol. The Morgan fingerprint density at radius 3 is 2.12 bits per heavy atom. The van der Waals surface area contributed by atoms with E-state index < -0.39 is 5.41 Å². The van der Waals surface area contributed by atoms with Gasteiger partial charge in [-0.25, -0.2) is 0 Å². The van der Waals surface area contributed by atoms with Crippen LogP contribution in [0.4, 0.5) is 17.1 Å². The van der Waals surface area contributed by atoms with Gasteiger partial charge in [0, 0.05) is 11.1 Å². The highest BCUT2D eigenvalue weighted by Crippen LogP contribution is 2.46. The fourth-order valence-corrected chi connectivity index (χ4v) is 3.86. The van der Waals surface area contributed by atoms with E-state index >= 15 is 0 Å². The van der Waals surface area contributed by atoms with Crippen LogP contribution in [-0.4, -0.2) is 0 Å². The number of nitrogens with zero attached hydrogens (tertiary/aromatic N) is 1. The first-order valence-corrected chi connectivity index (χ1v) is 11.3. The third-order valence-corrected chi connectivity index (χ3v) is 6.16. The van der Waals surface area contributed by atoms with Gasteiger partial charge in [-0.15, -0.1) is 0 Å². The van der Waals surface area contributed by atoms with E-state index in [0.29, 0.717) is 32.4 Å². The van der Waals surface area contributed by atoms with Gasteiger partial charge in [-0.3, -0.25) is 0 Å². The van der Waals surface area contributed by atoms with Gasteiger partial charge >= 0.3 is 0 Å². The molecule has 0 aliphatic carbocycles. The highest BCUT2D eigenvalue weighted by molar-refractivity contribution is 6.44. The van der Waals surface area contributed by atoms with Crippen LogP contribution in [0.3, 0.4) is 0 Å². The van der Waals surface area contributed by atoms with E-state index in [-0.39, 0.29) is 41.1 Å². The van der Waals surface area contributed by atoms with Crippen molar-refractivity contribution >= 4 is 51.2 Å². The van der Waals surface area contributed by atoms with Crippen LogP contribution in [0.25, 0.3) is 11.0 Å². The smallest absolute Gasteiger partial charge is 0.136 e. The van der Waals surface area contributed by atoms with Crippen LogP contribution in [0.1, 0.15) is 58.2 Å². The van der Waals surface area contributed by atoms with Gasteiger partial charge in [0.05, 0.1) is 25.5 Å². The Hall–Kier alpha value is -2.42. The van der Waals surface area contributed by atoms with E-state index in [2.05, 4.69) is 20.8 Å². The van der Waals surface area contributed by atoms with Crippen LogP contribution in [0.15, 0.2) is 71.2 Å². The summed E-state index contributed by atoms with van der Waals surface area (Å²) in [5, 5.41) is 0.964. The Balaban J connectivity index is 2.19. The highest BCUT2D eigenvalue weighted by Gasteiger charge is 2.25. The van der Waals surface area contributed by atoms with Crippen molar-refractivity contribution in [2.45, 2.75) is 52.4 Å². The summed E-state index contributed by atoms with van der Waals surface area (Å²) in [6.07, 6.45) is -0.227. The van der Waals surface area contributed by atoms with Gasteiger partial charge in [-0.2, -0.15) is 0 Å². The standard InChI is InChI=1S/C28H29Cl2NO/c1-27(2,3)18-12-13-25-21(14-18)24(17-32-25)31(20-10-8-7-9-11-20)23-16-19(28(4,5)6)15-22(29)26(23)30/h7-17H,1-6H3/i12D,13D,14D,17D. The molecule has 0 radical (unpaired) electrons. The van der Waals surface area contributed by atoms with Gasteiger partial charge in [-0.1, -0.05) is 89.0 Å². The molecule has 0 amide bonds. The minimum atomic E-state index is -0.570. The third kappa shape index (κ3) is 4.27. The number of rotatable bonds is 3. The van der Waals surface area contributed by atoms with Gasteiger partial charge in [0.2, 0.25) is 0 Å². The molecule has 0 aliphatic rings. The lowest BCUT2D eigenvalue weighted by molar-refractivity contribution is 0.589. The molecule has 32 heavy (non-hydrogen) atoms. The summed E-state index contributed by atoms with van der Waals surface area (Å²) in [6, 6.07) is 13.0. The van der Waals surface area contributed by atoms with E-state index in [1.807, 2.05) is 63.2 Å². The molecule has 0 N–H and O–H groups in total. The normalized spacial score (nSPS) is 14.1. The van der Waals surface area contributed by atoms with Crippen molar-refractivity contribution in [3.8, 4) is 0 Å². The zero-order valence-electron chi connectivity index (χ0n) is 23.2. The summed E-state index contributed by atoms with van der Waals surface area (Å²) < 4.78 is 40.9. The second kappa shape index (κ2) is 8.17. The Morgan fingerprint density at radius 1 is 0.844 bits per heavy atom. The Labute approximate surface area is 206 Å². The number of anilines is 3. The van der Waals surface area contributed by atoms with Gasteiger partial charge < -0.3 is 9.32 Å². The Kier molecular flexibility index (Phi) is 4.61. The zero-order valence-corrected chi connectivity index (χ0v) is 20.7. The Bertz CT molecular complexity index is 1470. The molecular formula is C28H29Cl2NO. The summed E-state index contributed by atoms with van der Waals surface area (Å²) in [5.41, 5.74) is 2.11. The van der Waals surface area contributed by atoms with Crippen LogP contribution in [0.5, 0.6) is 0 Å². The van der Waals surface area contributed by atoms with Crippen LogP contribution < -0.4 is 4.90 Å². The van der Waals surface area contributed by atoms with Crippen molar-refractivity contribution < 1.29 is 9.90 Å². The minimum Gasteiger partial charge on any atom is -0.462 e. The molecule has 4 aromatic rings. The largest absolute Gasteiger partial charge is 0.462 e. The monoisotopic (exact) mass is 469 g/mol. The maximum atomic E-state index is 9.11. The Morgan fingerprint density at radius 2 is 1.50 bits per heavy atom. The van der Waals surface area contributed by atoms with E-state index in [0.717, 1.165) is 5.56 Å². The van der Waals surface area contributed by atoms with Gasteiger partial charge in [0.15, 0.2) is 0 Å². The molecule has 166 valence electrons. The molecule has 0 aliphatic heterocycles. The van der Waals surface area contributed by atoms with E-state index in [1.165, 1.54) is 0 Å². The average Bonchev–Trinajstić information content (AvgIpc) is 3.11. The number of halogens is 2. The summed E-state index contributed by atoms with van der Waals surface area (Å²) in [7, 11) is 0. The molecule has 0 atom stereocenters. The molecule has 0 saturated heterocycles. The molecule has 4 rings (SSSR count). The second-order valence-corrected chi connectivity index (χ2v) is 10.8. The SMILES string of the molecule is [2H]c1oc2c([2H])c([2H])c(C(C)(C)C)c([2H])c2c1N(c1ccccc1)c1cc(C(C)(C)C)cc(Cl)c1Cl. The van der Waals surface area contributed by atoms with Gasteiger partial charge in [0.1, 0.15) is 13.2 Å². The summed E-state index contributed by atoms with van der Waals surface area (Å²) in [5.74, 6) is 0. The van der Waals surface area contributed by atoms with Crippen molar-refractivity contribution in [2.75, 3.05) is 4.90 Å². The van der Waals surface area contributed by atoms with Crippen LogP contribution in [-0.2, 0) is 10.8 Å². The fraction of sp³-hybridized carbons (Fsp3) is 0.286. The van der Waals surface area contributed by atoms with Gasteiger partial charge in [-0.05, 0) is 58.3 Å². The van der Waals surface area contributed by atoms with Crippen LogP contribution in [0, 0.1) is 0 Å². The number of hydrogen-bond acceptors (Lipinski definition) is 2. The molecule has 0 fully saturated rings. The molecular weight excluding hydrogens is 437 g/mol. The number of benzene rings is 3.